The van der Waals surface area contributed by atoms with Crippen LogP contribution in [0.1, 0.15) is 34.3 Å². The summed E-state index contributed by atoms with van der Waals surface area (Å²) in [6, 6.07) is 9.86. The molecule has 26 heavy (non-hydrogen) atoms. The van der Waals surface area contributed by atoms with E-state index in [1.165, 1.54) is 17.4 Å². The highest BCUT2D eigenvalue weighted by atomic mass is 32.1. The summed E-state index contributed by atoms with van der Waals surface area (Å²) in [7, 11) is 0. The van der Waals surface area contributed by atoms with Gasteiger partial charge in [-0.05, 0) is 36.9 Å². The fraction of sp³-hybridized carbons (Fsp3) is 0.263. The van der Waals surface area contributed by atoms with Crippen LogP contribution in [-0.4, -0.2) is 15.7 Å². The molecule has 0 aliphatic rings. The maximum atomic E-state index is 13.6. The van der Waals surface area contributed by atoms with Crippen LogP contribution in [0.25, 0.3) is 0 Å². The molecule has 0 aliphatic heterocycles. The summed E-state index contributed by atoms with van der Waals surface area (Å²) in [5, 5.41) is 9.11. The van der Waals surface area contributed by atoms with Crippen molar-refractivity contribution in [3.05, 3.63) is 63.7 Å². The van der Waals surface area contributed by atoms with Crippen LogP contribution in [0.3, 0.4) is 0 Å². The molecule has 2 heterocycles. The Kier molecular flexibility index (Phi) is 5.68. The summed E-state index contributed by atoms with van der Waals surface area (Å²) in [6.07, 6.45) is 0.931. The van der Waals surface area contributed by atoms with Crippen molar-refractivity contribution in [3.8, 4) is 5.75 Å². The van der Waals surface area contributed by atoms with Gasteiger partial charge < -0.3 is 10.1 Å². The van der Waals surface area contributed by atoms with E-state index in [2.05, 4.69) is 17.3 Å². The molecule has 0 saturated carbocycles. The topological polar surface area (TPSA) is 56.2 Å². The molecule has 0 saturated heterocycles. The monoisotopic (exact) mass is 373 g/mol. The number of hydrogen-bond acceptors (Lipinski definition) is 4. The van der Waals surface area contributed by atoms with Crippen molar-refractivity contribution in [3.63, 3.8) is 0 Å². The zero-order valence-corrected chi connectivity index (χ0v) is 15.5. The van der Waals surface area contributed by atoms with E-state index >= 15 is 0 Å². The molecular formula is C19H20FN3O2S. The number of benzene rings is 1. The van der Waals surface area contributed by atoms with Gasteiger partial charge in [-0.3, -0.25) is 4.79 Å². The first-order chi connectivity index (χ1) is 12.6. The van der Waals surface area contributed by atoms with Crippen LogP contribution in [-0.2, 0) is 13.2 Å². The Labute approximate surface area is 155 Å². The van der Waals surface area contributed by atoms with Crippen LogP contribution in [0.5, 0.6) is 5.75 Å². The van der Waals surface area contributed by atoms with E-state index in [0.717, 1.165) is 24.2 Å². The van der Waals surface area contributed by atoms with Gasteiger partial charge in [0.25, 0.3) is 5.91 Å². The fourth-order valence-corrected chi connectivity index (χ4v) is 3.29. The third-order valence-electron chi connectivity index (χ3n) is 3.69. The second-order valence-electron chi connectivity index (χ2n) is 5.89. The van der Waals surface area contributed by atoms with Crippen molar-refractivity contribution in [2.24, 2.45) is 0 Å². The minimum Gasteiger partial charge on any atom is -0.486 e. The molecule has 0 atom stereocenters. The number of amides is 1. The van der Waals surface area contributed by atoms with Crippen LogP contribution in [0.4, 0.5) is 10.2 Å². The lowest BCUT2D eigenvalue weighted by Gasteiger charge is -2.07. The summed E-state index contributed by atoms with van der Waals surface area (Å²) in [4.78, 5) is 13.0. The lowest BCUT2D eigenvalue weighted by atomic mass is 10.3. The van der Waals surface area contributed by atoms with Crippen LogP contribution in [0.15, 0.2) is 41.8 Å². The van der Waals surface area contributed by atoms with Crippen molar-refractivity contribution in [1.82, 2.24) is 9.78 Å². The van der Waals surface area contributed by atoms with Crippen LogP contribution in [0, 0.1) is 12.7 Å². The number of thiophene rings is 1. The lowest BCUT2D eigenvalue weighted by molar-refractivity contribution is 0.102. The van der Waals surface area contributed by atoms with Crippen molar-refractivity contribution in [2.45, 2.75) is 33.4 Å². The van der Waals surface area contributed by atoms with Gasteiger partial charge >= 0.3 is 0 Å². The number of carbonyl (C=O) groups excluding carboxylic acids is 1. The summed E-state index contributed by atoms with van der Waals surface area (Å²) in [5.41, 5.74) is 1.68. The average molecular weight is 373 g/mol. The standard InChI is InChI=1S/C19H20FN3O2S/c1-3-8-23-18(9-13(2)22-23)21-19(24)17-10-14(12-26-17)11-25-16-7-5-4-6-15(16)20/h4-7,9-10,12H,3,8,11H2,1-2H3,(H,21,24). The third kappa shape index (κ3) is 4.29. The van der Waals surface area contributed by atoms with E-state index in [4.69, 9.17) is 4.74 Å². The average Bonchev–Trinajstić information content (AvgIpc) is 3.21. The Morgan fingerprint density at radius 2 is 2.15 bits per heavy atom. The number of nitrogens with zero attached hydrogens (tertiary/aromatic N) is 2. The maximum absolute atomic E-state index is 13.6. The van der Waals surface area contributed by atoms with Crippen molar-refractivity contribution in [1.29, 1.82) is 0 Å². The van der Waals surface area contributed by atoms with Gasteiger partial charge in [0, 0.05) is 18.2 Å². The number of hydrogen-bond donors (Lipinski definition) is 1. The van der Waals surface area contributed by atoms with E-state index < -0.39 is 5.82 Å². The smallest absolute Gasteiger partial charge is 0.266 e. The zero-order chi connectivity index (χ0) is 18.5. The Bertz CT molecular complexity index is 904. The first kappa shape index (κ1) is 18.1. The van der Waals surface area contributed by atoms with Gasteiger partial charge in [0.05, 0.1) is 10.6 Å². The molecule has 3 aromatic rings. The molecule has 0 bridgehead atoms. The molecule has 7 heteroatoms. The summed E-state index contributed by atoms with van der Waals surface area (Å²) in [5.74, 6) is 0.292. The minimum absolute atomic E-state index is 0.190. The van der Waals surface area contributed by atoms with Gasteiger partial charge in [-0.15, -0.1) is 11.3 Å². The third-order valence-corrected chi connectivity index (χ3v) is 4.67. The zero-order valence-electron chi connectivity index (χ0n) is 14.7. The van der Waals surface area contributed by atoms with Crippen LogP contribution < -0.4 is 10.1 Å². The van der Waals surface area contributed by atoms with E-state index in [-0.39, 0.29) is 18.3 Å². The molecule has 136 valence electrons. The first-order valence-corrected chi connectivity index (χ1v) is 9.25. The Morgan fingerprint density at radius 3 is 2.92 bits per heavy atom. The van der Waals surface area contributed by atoms with Crippen molar-refractivity contribution in [2.75, 3.05) is 5.32 Å². The SMILES string of the molecule is CCCn1nc(C)cc1NC(=O)c1cc(COc2ccccc2F)cs1. The quantitative estimate of drug-likeness (QED) is 0.657. The summed E-state index contributed by atoms with van der Waals surface area (Å²) < 4.78 is 20.8. The largest absolute Gasteiger partial charge is 0.486 e. The van der Waals surface area contributed by atoms with Crippen LogP contribution >= 0.6 is 11.3 Å². The first-order valence-electron chi connectivity index (χ1n) is 8.37. The highest BCUT2D eigenvalue weighted by Gasteiger charge is 2.13. The van der Waals surface area contributed by atoms with Gasteiger partial charge in [-0.2, -0.15) is 5.10 Å². The van der Waals surface area contributed by atoms with E-state index in [1.54, 1.807) is 28.9 Å². The number of para-hydroxylation sites is 1. The molecule has 1 amide bonds. The van der Waals surface area contributed by atoms with E-state index in [1.807, 2.05) is 18.4 Å². The molecule has 0 unspecified atom stereocenters. The number of anilines is 1. The Hall–Kier alpha value is -2.67. The van der Waals surface area contributed by atoms with Gasteiger partial charge in [0.2, 0.25) is 0 Å². The lowest BCUT2D eigenvalue weighted by Crippen LogP contribution is -2.14. The molecule has 0 radical (unpaired) electrons. The molecule has 3 rings (SSSR count). The number of rotatable bonds is 7. The molecule has 0 spiro atoms. The molecule has 1 aromatic carbocycles. The number of carbonyl (C=O) groups is 1. The summed E-state index contributed by atoms with van der Waals surface area (Å²) >= 11 is 1.33. The van der Waals surface area contributed by atoms with Gasteiger partial charge in [0.1, 0.15) is 12.4 Å². The second kappa shape index (κ2) is 8.14. The fourth-order valence-electron chi connectivity index (χ4n) is 2.50. The predicted octanol–water partition coefficient (Wildman–Crippen LogP) is 4.63. The summed E-state index contributed by atoms with van der Waals surface area (Å²) in [6.45, 7) is 4.90. The van der Waals surface area contributed by atoms with Crippen molar-refractivity contribution < 1.29 is 13.9 Å². The predicted molar refractivity (Wildman–Crippen MR) is 100 cm³/mol. The highest BCUT2D eigenvalue weighted by molar-refractivity contribution is 7.12. The van der Waals surface area contributed by atoms with Gasteiger partial charge in [-0.25, -0.2) is 9.07 Å². The minimum atomic E-state index is -0.403. The Morgan fingerprint density at radius 1 is 1.35 bits per heavy atom. The molecule has 1 N–H and O–H groups in total. The number of aromatic nitrogens is 2. The van der Waals surface area contributed by atoms with Crippen molar-refractivity contribution >= 4 is 23.1 Å². The molecule has 0 fully saturated rings. The number of ether oxygens (including phenoxy) is 1. The van der Waals surface area contributed by atoms with Crippen LogP contribution in [0.2, 0.25) is 0 Å². The normalized spacial score (nSPS) is 10.7. The molecule has 0 aliphatic carbocycles. The highest BCUT2D eigenvalue weighted by Crippen LogP contribution is 2.21. The number of nitrogens with one attached hydrogen (secondary N) is 1. The van der Waals surface area contributed by atoms with Gasteiger partial charge in [-0.1, -0.05) is 19.1 Å². The molecule has 5 nitrogen and oxygen atoms in total. The maximum Gasteiger partial charge on any atom is 0.266 e. The number of halogens is 1. The molecular weight excluding hydrogens is 353 g/mol. The van der Waals surface area contributed by atoms with E-state index in [0.29, 0.717) is 10.7 Å². The Balaban J connectivity index is 1.64. The number of aryl methyl sites for hydroxylation is 2. The molecule has 2 aromatic heterocycles. The van der Waals surface area contributed by atoms with E-state index in [9.17, 15) is 9.18 Å². The second-order valence-corrected chi connectivity index (χ2v) is 6.80. The van der Waals surface area contributed by atoms with Gasteiger partial charge in [0.15, 0.2) is 11.6 Å².